The van der Waals surface area contributed by atoms with Gasteiger partial charge >= 0.3 is 0 Å². The monoisotopic (exact) mass is 688 g/mol. The minimum absolute atomic E-state index is 0.115. The largest absolute Gasteiger partial charge is 0.396 e. The predicted octanol–water partition coefficient (Wildman–Crippen LogP) is 8.43. The zero-order valence-electron chi connectivity index (χ0n) is 24.3. The highest BCUT2D eigenvalue weighted by Gasteiger charge is 2.22. The highest BCUT2D eigenvalue weighted by Crippen LogP contribution is 2.39. The molecule has 16 heteroatoms. The fraction of sp³-hybridized carbons (Fsp3) is 0. The van der Waals surface area contributed by atoms with Gasteiger partial charge < -0.3 is 11.5 Å². The molecule has 0 aliphatic rings. The molecular weight excluding hydrogens is 667 g/mol. The molecule has 0 atom stereocenters. The van der Waals surface area contributed by atoms with Crippen molar-refractivity contribution < 1.29 is 34.7 Å². The lowest BCUT2D eigenvalue weighted by Gasteiger charge is -2.10. The van der Waals surface area contributed by atoms with E-state index >= 15 is 8.78 Å². The highest BCUT2D eigenvalue weighted by atomic mass is 32.2. The summed E-state index contributed by atoms with van der Waals surface area (Å²) in [6.45, 7) is 0. The van der Waals surface area contributed by atoms with Gasteiger partial charge in [0.05, 0.1) is 11.4 Å². The van der Waals surface area contributed by atoms with Gasteiger partial charge in [0.1, 0.15) is 32.5 Å². The molecule has 0 saturated carbocycles. The molecule has 0 bridgehead atoms. The van der Waals surface area contributed by atoms with Crippen molar-refractivity contribution in [3.05, 3.63) is 109 Å². The summed E-state index contributed by atoms with van der Waals surface area (Å²) in [5, 5.41) is 16.7. The summed E-state index contributed by atoms with van der Waals surface area (Å²) >= 11 is 0. The first-order valence-electron chi connectivity index (χ1n) is 13.7. The standard InChI is InChI=1S/C32H22F2N6O6S2/c33-23-13-17(9-11-25(23)37-39-27-15-19-5-1-3-7-21(19)31(29(27)35)47(41,42)43)18-10-12-26(24(34)14-18)38-40-28-16-20-6-2-4-8-22(20)32(30(28)36)48(44,45)46/h1-16H,35-36H2,(H,41,42,43)(H,44,45,46)/b39-37+,40-38+. The van der Waals surface area contributed by atoms with Crippen LogP contribution in [-0.4, -0.2) is 25.9 Å². The van der Waals surface area contributed by atoms with Gasteiger partial charge in [-0.05, 0) is 58.3 Å². The van der Waals surface area contributed by atoms with Crippen LogP contribution in [0.5, 0.6) is 0 Å². The Hall–Kier alpha value is -5.68. The second kappa shape index (κ2) is 12.2. The molecule has 6 aromatic rings. The Labute approximate surface area is 271 Å². The number of fused-ring (bicyclic) bond motifs is 2. The number of halogens is 2. The summed E-state index contributed by atoms with van der Waals surface area (Å²) < 4.78 is 97.9. The van der Waals surface area contributed by atoms with Gasteiger partial charge in [-0.1, -0.05) is 60.7 Å². The van der Waals surface area contributed by atoms with Gasteiger partial charge in [0.2, 0.25) is 0 Å². The molecule has 0 aliphatic carbocycles. The van der Waals surface area contributed by atoms with E-state index in [0.717, 1.165) is 12.1 Å². The fourth-order valence-electron chi connectivity index (χ4n) is 5.10. The Morgan fingerprint density at radius 1 is 0.500 bits per heavy atom. The second-order valence-electron chi connectivity index (χ2n) is 10.4. The average Bonchev–Trinajstić information content (AvgIpc) is 3.02. The van der Waals surface area contributed by atoms with Crippen LogP contribution in [0.3, 0.4) is 0 Å². The van der Waals surface area contributed by atoms with E-state index in [1.54, 1.807) is 36.4 Å². The first-order chi connectivity index (χ1) is 22.7. The predicted molar refractivity (Wildman–Crippen MR) is 176 cm³/mol. The van der Waals surface area contributed by atoms with Crippen molar-refractivity contribution in [2.45, 2.75) is 9.79 Å². The maximum Gasteiger partial charge on any atom is 0.297 e. The molecule has 0 radical (unpaired) electrons. The Bertz CT molecular complexity index is 2400. The SMILES string of the molecule is Nc1c(/N=N/c2ccc(-c3ccc(/N=N/c4cc5ccccc5c(S(=O)(=O)O)c4N)c(F)c3)cc2F)cc2ccccc2c1S(=O)(=O)O. The average molecular weight is 689 g/mol. The van der Waals surface area contributed by atoms with Crippen LogP contribution in [0.25, 0.3) is 32.7 Å². The second-order valence-corrected chi connectivity index (χ2v) is 13.1. The van der Waals surface area contributed by atoms with Gasteiger partial charge in [0, 0.05) is 10.8 Å². The molecule has 6 N–H and O–H groups in total. The molecule has 0 spiro atoms. The Kier molecular flexibility index (Phi) is 8.18. The molecule has 242 valence electrons. The minimum atomic E-state index is -4.73. The zero-order chi connectivity index (χ0) is 34.4. The number of azo groups is 2. The number of anilines is 2. The number of rotatable bonds is 7. The molecule has 48 heavy (non-hydrogen) atoms. The molecule has 0 aliphatic heterocycles. The molecular formula is C32H22F2N6O6S2. The molecule has 0 aromatic heterocycles. The van der Waals surface area contributed by atoms with Gasteiger partial charge in [-0.2, -0.15) is 16.8 Å². The number of hydrogen-bond donors (Lipinski definition) is 4. The topological polar surface area (TPSA) is 210 Å². The van der Waals surface area contributed by atoms with Crippen LogP contribution in [-0.2, 0) is 20.2 Å². The lowest BCUT2D eigenvalue weighted by Crippen LogP contribution is -2.04. The first kappa shape index (κ1) is 32.3. The Balaban J connectivity index is 1.28. The van der Waals surface area contributed by atoms with E-state index in [-0.39, 0.29) is 56.0 Å². The van der Waals surface area contributed by atoms with Crippen LogP contribution >= 0.6 is 0 Å². The summed E-state index contributed by atoms with van der Waals surface area (Å²) in [6, 6.07) is 23.1. The number of nitrogens with zero attached hydrogens (tertiary/aromatic N) is 4. The van der Waals surface area contributed by atoms with Crippen LogP contribution < -0.4 is 11.5 Å². The molecule has 12 nitrogen and oxygen atoms in total. The van der Waals surface area contributed by atoms with Crippen molar-refractivity contribution >= 4 is 75.9 Å². The maximum absolute atomic E-state index is 15.1. The van der Waals surface area contributed by atoms with Crippen molar-refractivity contribution in [2.24, 2.45) is 20.5 Å². The highest BCUT2D eigenvalue weighted by molar-refractivity contribution is 7.86. The number of benzene rings is 6. The molecule has 0 saturated heterocycles. The van der Waals surface area contributed by atoms with Crippen LogP contribution in [0.4, 0.5) is 42.9 Å². The van der Waals surface area contributed by atoms with Gasteiger partial charge in [-0.25, -0.2) is 8.78 Å². The molecule has 0 amide bonds. The van der Waals surface area contributed by atoms with Crippen molar-refractivity contribution in [1.29, 1.82) is 0 Å². The van der Waals surface area contributed by atoms with E-state index in [1.165, 1.54) is 48.5 Å². The smallest absolute Gasteiger partial charge is 0.297 e. The zero-order valence-corrected chi connectivity index (χ0v) is 25.9. The Morgan fingerprint density at radius 3 is 1.21 bits per heavy atom. The summed E-state index contributed by atoms with van der Waals surface area (Å²) in [6.07, 6.45) is 0. The number of hydrogen-bond acceptors (Lipinski definition) is 10. The lowest BCUT2D eigenvalue weighted by molar-refractivity contribution is 0.482. The normalized spacial score (nSPS) is 12.5. The van der Waals surface area contributed by atoms with Gasteiger partial charge in [-0.15, -0.1) is 20.5 Å². The van der Waals surface area contributed by atoms with E-state index in [0.29, 0.717) is 10.8 Å². The van der Waals surface area contributed by atoms with Crippen LogP contribution in [0, 0.1) is 11.6 Å². The van der Waals surface area contributed by atoms with Crippen molar-refractivity contribution in [3.63, 3.8) is 0 Å². The van der Waals surface area contributed by atoms with Crippen LogP contribution in [0.2, 0.25) is 0 Å². The quantitative estimate of drug-likeness (QED) is 0.0724. The van der Waals surface area contributed by atoms with E-state index in [1.807, 2.05) is 0 Å². The summed E-state index contributed by atoms with van der Waals surface area (Å²) in [4.78, 5) is -1.09. The van der Waals surface area contributed by atoms with Gasteiger partial charge in [0.15, 0.2) is 11.6 Å². The third-order valence-electron chi connectivity index (χ3n) is 7.31. The Morgan fingerprint density at radius 2 is 0.854 bits per heavy atom. The van der Waals surface area contributed by atoms with Gasteiger partial charge in [-0.3, -0.25) is 9.11 Å². The molecule has 6 rings (SSSR count). The number of nitrogen functional groups attached to an aromatic ring is 2. The molecule has 0 heterocycles. The van der Waals surface area contributed by atoms with E-state index in [2.05, 4.69) is 20.5 Å². The summed E-state index contributed by atoms with van der Waals surface area (Å²) in [5.41, 5.74) is 11.1. The first-order valence-corrected chi connectivity index (χ1v) is 16.6. The summed E-state index contributed by atoms with van der Waals surface area (Å²) in [5.74, 6) is -1.67. The maximum atomic E-state index is 15.1. The number of nitrogens with two attached hydrogens (primary N) is 2. The fourth-order valence-corrected chi connectivity index (χ4v) is 6.80. The van der Waals surface area contributed by atoms with Crippen LogP contribution in [0.15, 0.2) is 127 Å². The van der Waals surface area contributed by atoms with Gasteiger partial charge in [0.25, 0.3) is 20.2 Å². The molecule has 6 aromatic carbocycles. The van der Waals surface area contributed by atoms with Crippen molar-refractivity contribution in [1.82, 2.24) is 0 Å². The third kappa shape index (κ3) is 6.19. The van der Waals surface area contributed by atoms with Crippen molar-refractivity contribution in [3.8, 4) is 11.1 Å². The summed E-state index contributed by atoms with van der Waals surface area (Å²) in [7, 11) is -9.46. The van der Waals surface area contributed by atoms with Crippen molar-refractivity contribution in [2.75, 3.05) is 11.5 Å². The molecule has 0 unspecified atom stereocenters. The van der Waals surface area contributed by atoms with E-state index in [9.17, 15) is 25.9 Å². The minimum Gasteiger partial charge on any atom is -0.396 e. The van der Waals surface area contributed by atoms with E-state index < -0.39 is 41.7 Å². The third-order valence-corrected chi connectivity index (χ3v) is 9.22. The van der Waals surface area contributed by atoms with E-state index in [4.69, 9.17) is 11.5 Å². The van der Waals surface area contributed by atoms with Crippen LogP contribution in [0.1, 0.15) is 0 Å². The lowest BCUT2D eigenvalue weighted by atomic mass is 10.0. The molecule has 0 fully saturated rings.